The van der Waals surface area contributed by atoms with Crippen LogP contribution in [-0.4, -0.2) is 29.6 Å². The first-order valence-electron chi connectivity index (χ1n) is 9.50. The van der Waals surface area contributed by atoms with Gasteiger partial charge in [-0.25, -0.2) is 9.09 Å². The van der Waals surface area contributed by atoms with Crippen LogP contribution in [0.25, 0.3) is 0 Å². The highest BCUT2D eigenvalue weighted by Crippen LogP contribution is 2.43. The zero-order valence-electron chi connectivity index (χ0n) is 15.7. The monoisotopic (exact) mass is 381 g/mol. The minimum absolute atomic E-state index is 0.0599. The van der Waals surface area contributed by atoms with Crippen LogP contribution >= 0.6 is 19.6 Å². The third-order valence-electron chi connectivity index (χ3n) is 3.82. The maximum absolute atomic E-state index is 11.4. The Labute approximate surface area is 154 Å². The second-order valence-electron chi connectivity index (χ2n) is 6.46. The van der Waals surface area contributed by atoms with Crippen LogP contribution in [0.2, 0.25) is 0 Å². The molecule has 2 atom stereocenters. The summed E-state index contributed by atoms with van der Waals surface area (Å²) in [6.07, 6.45) is 13.6. The smallest absolute Gasteiger partial charge is 0.302 e. The Balaban J connectivity index is 3.30. The number of unbranched alkanes of at least 4 members (excludes halogenated alkanes) is 9. The van der Waals surface area contributed by atoms with Crippen molar-refractivity contribution in [2.45, 2.75) is 78.1 Å². The van der Waals surface area contributed by atoms with Crippen LogP contribution in [-0.2, 0) is 13.6 Å². The largest absolute Gasteiger partial charge is 0.475 e. The standard InChI is InChI=1S/C18H37O4PS/c1-4-6-7-8-9-10-11-12-13-14-15-24-17-18(3)16-22-23(19,20)21-5-2/h18H,2,4-17H2,1,3H3/p+1. The Kier molecular flexibility index (Phi) is 17.0. The lowest BCUT2D eigenvalue weighted by atomic mass is 10.1. The predicted octanol–water partition coefficient (Wildman–Crippen LogP) is 6.24. The van der Waals surface area contributed by atoms with Gasteiger partial charge in [-0.3, -0.25) is 4.52 Å². The van der Waals surface area contributed by atoms with E-state index in [-0.39, 0.29) is 19.1 Å². The van der Waals surface area contributed by atoms with E-state index < -0.39 is 7.82 Å². The van der Waals surface area contributed by atoms with Crippen molar-refractivity contribution in [3.63, 3.8) is 0 Å². The van der Waals surface area contributed by atoms with Gasteiger partial charge in [-0.2, -0.15) is 11.8 Å². The van der Waals surface area contributed by atoms with E-state index >= 15 is 0 Å². The zero-order valence-corrected chi connectivity index (χ0v) is 17.4. The maximum atomic E-state index is 11.4. The number of hydrogen-bond acceptors (Lipinski definition) is 4. The summed E-state index contributed by atoms with van der Waals surface area (Å²) in [7, 11) is -3.89. The van der Waals surface area contributed by atoms with Gasteiger partial charge in [0.25, 0.3) is 0 Å². The van der Waals surface area contributed by atoms with Crippen LogP contribution in [0, 0.1) is 12.8 Å². The number of phosphoric ester groups is 1. The SMILES string of the molecule is [CH2+]COP(=O)(O)OCC(C)CSCCCCCCCCCCCC. The van der Waals surface area contributed by atoms with Crippen molar-refractivity contribution in [1.82, 2.24) is 0 Å². The Morgan fingerprint density at radius 3 is 2.08 bits per heavy atom. The Morgan fingerprint density at radius 2 is 1.54 bits per heavy atom. The second-order valence-corrected chi connectivity index (χ2v) is 9.06. The van der Waals surface area contributed by atoms with Crippen molar-refractivity contribution < 1.29 is 18.5 Å². The molecule has 0 aliphatic heterocycles. The molecule has 0 spiro atoms. The van der Waals surface area contributed by atoms with E-state index in [1.807, 2.05) is 18.7 Å². The lowest BCUT2D eigenvalue weighted by Crippen LogP contribution is -2.08. The lowest BCUT2D eigenvalue weighted by Gasteiger charge is -2.14. The highest BCUT2D eigenvalue weighted by Gasteiger charge is 2.22. The first kappa shape index (κ1) is 24.3. The summed E-state index contributed by atoms with van der Waals surface area (Å²) < 4.78 is 20.9. The van der Waals surface area contributed by atoms with Crippen LogP contribution < -0.4 is 0 Å². The number of thioether (sulfide) groups is 1. The molecule has 0 aromatic carbocycles. The van der Waals surface area contributed by atoms with Crippen LogP contribution in [0.5, 0.6) is 0 Å². The molecular formula is C18H38O4PS+. The molecule has 2 unspecified atom stereocenters. The van der Waals surface area contributed by atoms with Crippen LogP contribution in [0.4, 0.5) is 0 Å². The van der Waals surface area contributed by atoms with E-state index in [9.17, 15) is 9.46 Å². The minimum atomic E-state index is -3.89. The van der Waals surface area contributed by atoms with E-state index in [4.69, 9.17) is 4.52 Å². The minimum Gasteiger partial charge on any atom is -0.302 e. The lowest BCUT2D eigenvalue weighted by molar-refractivity contribution is 0.147. The van der Waals surface area contributed by atoms with E-state index in [0.29, 0.717) is 0 Å². The summed E-state index contributed by atoms with van der Waals surface area (Å²) in [6, 6.07) is 0. The normalized spacial score (nSPS) is 15.3. The van der Waals surface area contributed by atoms with Crippen LogP contribution in [0.3, 0.4) is 0 Å². The van der Waals surface area contributed by atoms with Crippen molar-refractivity contribution >= 4 is 19.6 Å². The van der Waals surface area contributed by atoms with Crippen molar-refractivity contribution in [2.24, 2.45) is 5.92 Å². The van der Waals surface area contributed by atoms with Crippen molar-refractivity contribution in [1.29, 1.82) is 0 Å². The van der Waals surface area contributed by atoms with E-state index in [1.165, 1.54) is 64.2 Å². The van der Waals surface area contributed by atoms with Crippen LogP contribution in [0.1, 0.15) is 78.1 Å². The molecule has 0 saturated heterocycles. The molecule has 0 rings (SSSR count). The van der Waals surface area contributed by atoms with Gasteiger partial charge in [0.05, 0.1) is 13.5 Å². The fourth-order valence-corrected chi connectivity index (χ4v) is 4.22. The molecule has 6 heteroatoms. The summed E-state index contributed by atoms with van der Waals surface area (Å²) in [5.74, 6) is 2.35. The number of rotatable bonds is 18. The molecule has 0 aliphatic rings. The summed E-state index contributed by atoms with van der Waals surface area (Å²) in [5, 5.41) is 0. The average molecular weight is 382 g/mol. The molecule has 0 amide bonds. The Morgan fingerprint density at radius 1 is 1.00 bits per heavy atom. The van der Waals surface area contributed by atoms with E-state index in [1.54, 1.807) is 0 Å². The number of hydrogen-bond donors (Lipinski definition) is 1. The second kappa shape index (κ2) is 16.8. The molecule has 0 heterocycles. The van der Waals surface area contributed by atoms with Gasteiger partial charge in [-0.1, -0.05) is 71.6 Å². The molecule has 24 heavy (non-hydrogen) atoms. The van der Waals surface area contributed by atoms with Gasteiger partial charge >= 0.3 is 7.82 Å². The fraction of sp³-hybridized carbons (Fsp3) is 0.944. The van der Waals surface area contributed by atoms with Crippen molar-refractivity contribution in [2.75, 3.05) is 24.7 Å². The molecule has 0 saturated carbocycles. The van der Waals surface area contributed by atoms with Gasteiger partial charge in [-0.05, 0) is 23.8 Å². The highest BCUT2D eigenvalue weighted by atomic mass is 32.2. The summed E-state index contributed by atoms with van der Waals surface area (Å²) >= 11 is 1.90. The van der Waals surface area contributed by atoms with Gasteiger partial charge in [0.2, 0.25) is 0 Å². The summed E-state index contributed by atoms with van der Waals surface area (Å²) in [4.78, 5) is 9.30. The third kappa shape index (κ3) is 17.2. The molecule has 144 valence electrons. The van der Waals surface area contributed by atoms with Gasteiger partial charge in [-0.15, -0.1) is 0 Å². The molecule has 0 radical (unpaired) electrons. The van der Waals surface area contributed by atoms with Crippen LogP contribution in [0.15, 0.2) is 0 Å². The van der Waals surface area contributed by atoms with Crippen molar-refractivity contribution in [3.05, 3.63) is 6.92 Å². The topological polar surface area (TPSA) is 55.8 Å². The summed E-state index contributed by atoms with van der Waals surface area (Å²) in [5.41, 5.74) is 0. The highest BCUT2D eigenvalue weighted by molar-refractivity contribution is 7.99. The molecule has 0 aromatic rings. The number of phosphoric acid groups is 1. The maximum Gasteiger partial charge on any atom is 0.475 e. The molecule has 0 aliphatic carbocycles. The van der Waals surface area contributed by atoms with Gasteiger partial charge in [0.1, 0.15) is 0 Å². The summed E-state index contributed by atoms with van der Waals surface area (Å²) in [6.45, 7) is 7.84. The van der Waals surface area contributed by atoms with E-state index in [0.717, 1.165) is 11.5 Å². The molecule has 0 aromatic heterocycles. The molecular weight excluding hydrogens is 343 g/mol. The molecule has 0 fully saturated rings. The predicted molar refractivity (Wildman–Crippen MR) is 105 cm³/mol. The van der Waals surface area contributed by atoms with Gasteiger partial charge < -0.3 is 4.89 Å². The van der Waals surface area contributed by atoms with Gasteiger partial charge in [0.15, 0.2) is 6.61 Å². The van der Waals surface area contributed by atoms with Crippen molar-refractivity contribution in [3.8, 4) is 0 Å². The Hall–Kier alpha value is 0.330. The Bertz CT molecular complexity index is 315. The van der Waals surface area contributed by atoms with E-state index in [2.05, 4.69) is 18.4 Å². The first-order valence-corrected chi connectivity index (χ1v) is 12.2. The quantitative estimate of drug-likeness (QED) is 0.173. The molecule has 0 bridgehead atoms. The third-order valence-corrected chi connectivity index (χ3v) is 6.19. The average Bonchev–Trinajstić information content (AvgIpc) is 2.54. The molecule has 4 nitrogen and oxygen atoms in total. The van der Waals surface area contributed by atoms with Gasteiger partial charge in [0, 0.05) is 0 Å². The zero-order chi connectivity index (χ0) is 18.1. The first-order chi connectivity index (χ1) is 11.5. The molecule has 1 N–H and O–H groups in total. The fourth-order valence-electron chi connectivity index (χ4n) is 2.40.